The molecule has 0 saturated carbocycles. The van der Waals surface area contributed by atoms with E-state index in [1.54, 1.807) is 18.2 Å². The Balaban J connectivity index is 1.77. The zero-order valence-electron chi connectivity index (χ0n) is 17.9. The highest BCUT2D eigenvalue weighted by Gasteiger charge is 2.34. The van der Waals surface area contributed by atoms with Crippen LogP contribution in [-0.2, 0) is 9.59 Å². The molecule has 1 N–H and O–H groups in total. The summed E-state index contributed by atoms with van der Waals surface area (Å²) in [5.74, 6) is -0.741. The predicted octanol–water partition coefficient (Wildman–Crippen LogP) is 4.48. The molecule has 0 atom stereocenters. The molecule has 0 radical (unpaired) electrons. The van der Waals surface area contributed by atoms with Gasteiger partial charge < -0.3 is 4.57 Å². The maximum absolute atomic E-state index is 12.9. The van der Waals surface area contributed by atoms with E-state index in [4.69, 9.17) is 0 Å². The quantitative estimate of drug-likeness (QED) is 0.521. The molecule has 2 heterocycles. The number of nitrogens with one attached hydrogen (secondary N) is 1. The Morgan fingerprint density at radius 3 is 2.13 bits per heavy atom. The van der Waals surface area contributed by atoms with Gasteiger partial charge in [0.05, 0.1) is 11.4 Å². The summed E-state index contributed by atoms with van der Waals surface area (Å²) in [5, 5.41) is 1.29. The second-order valence-corrected chi connectivity index (χ2v) is 7.88. The molecule has 1 aliphatic rings. The van der Waals surface area contributed by atoms with Gasteiger partial charge in [0.2, 0.25) is 0 Å². The summed E-state index contributed by atoms with van der Waals surface area (Å²) in [4.78, 5) is 25.4. The van der Waals surface area contributed by atoms with Crippen LogP contribution in [0.1, 0.15) is 33.6 Å². The lowest BCUT2D eigenvalue weighted by Gasteiger charge is -2.17. The summed E-state index contributed by atoms with van der Waals surface area (Å²) in [7, 11) is 0. The van der Waals surface area contributed by atoms with E-state index in [1.807, 2.05) is 38.1 Å². The highest BCUT2D eigenvalue weighted by molar-refractivity contribution is 6.31. The lowest BCUT2D eigenvalue weighted by atomic mass is 10.0. The van der Waals surface area contributed by atoms with Crippen LogP contribution in [0.15, 0.2) is 54.1 Å². The van der Waals surface area contributed by atoms with Crippen molar-refractivity contribution in [2.24, 2.45) is 0 Å². The summed E-state index contributed by atoms with van der Waals surface area (Å²) >= 11 is 0. The summed E-state index contributed by atoms with van der Waals surface area (Å²) in [6.45, 7) is 10.4. The molecule has 1 aromatic heterocycles. The van der Waals surface area contributed by atoms with Crippen molar-refractivity contribution >= 4 is 23.6 Å². The average Bonchev–Trinajstić information content (AvgIpc) is 3.13. The van der Waals surface area contributed by atoms with Gasteiger partial charge in [-0.25, -0.2) is 5.01 Å². The van der Waals surface area contributed by atoms with Crippen LogP contribution in [0.4, 0.5) is 5.69 Å². The van der Waals surface area contributed by atoms with Crippen LogP contribution < -0.4 is 10.4 Å². The number of carbonyl (C=O) groups excluding carboxylic acids is 2. The lowest BCUT2D eigenvalue weighted by Crippen LogP contribution is -2.35. The normalized spacial score (nSPS) is 15.2. The zero-order valence-corrected chi connectivity index (χ0v) is 17.9. The zero-order chi connectivity index (χ0) is 21.6. The van der Waals surface area contributed by atoms with Crippen LogP contribution in [0.2, 0.25) is 0 Å². The first kappa shape index (κ1) is 19.7. The van der Waals surface area contributed by atoms with E-state index in [-0.39, 0.29) is 11.5 Å². The maximum Gasteiger partial charge on any atom is 0.282 e. The third-order valence-electron chi connectivity index (χ3n) is 5.53. The molecule has 3 aromatic rings. The Hall–Kier alpha value is -3.60. The second-order valence-electron chi connectivity index (χ2n) is 7.88. The minimum Gasteiger partial charge on any atom is -0.317 e. The molecule has 4 rings (SSSR count). The SMILES string of the molecule is Cc1cc(C)c(-n2c(C)cc(C=C3C(=O)NN(c4ccccc4)C3=O)c2C)c(C)c1. The summed E-state index contributed by atoms with van der Waals surface area (Å²) < 4.78 is 2.20. The maximum atomic E-state index is 12.9. The molecule has 1 fully saturated rings. The van der Waals surface area contributed by atoms with Crippen molar-refractivity contribution in [3.05, 3.63) is 87.7 Å². The molecule has 2 aromatic carbocycles. The van der Waals surface area contributed by atoms with Gasteiger partial charge in [0.1, 0.15) is 5.57 Å². The number of rotatable bonds is 3. The first-order valence-corrected chi connectivity index (χ1v) is 9.97. The topological polar surface area (TPSA) is 54.3 Å². The van der Waals surface area contributed by atoms with E-state index >= 15 is 0 Å². The Morgan fingerprint density at radius 2 is 1.50 bits per heavy atom. The van der Waals surface area contributed by atoms with Crippen molar-refractivity contribution in [3.63, 3.8) is 0 Å². The largest absolute Gasteiger partial charge is 0.317 e. The Bertz CT molecular complexity index is 1180. The Kier molecular flexibility index (Phi) is 4.82. The molecule has 5 nitrogen and oxygen atoms in total. The van der Waals surface area contributed by atoms with Crippen LogP contribution in [-0.4, -0.2) is 16.4 Å². The van der Waals surface area contributed by atoms with Crippen LogP contribution in [0.5, 0.6) is 0 Å². The van der Waals surface area contributed by atoms with Crippen molar-refractivity contribution < 1.29 is 9.59 Å². The number of anilines is 1. The van der Waals surface area contributed by atoms with E-state index in [0.717, 1.165) is 22.6 Å². The Morgan fingerprint density at radius 1 is 0.867 bits per heavy atom. The number of amides is 2. The molecule has 0 bridgehead atoms. The van der Waals surface area contributed by atoms with Crippen molar-refractivity contribution in [1.82, 2.24) is 9.99 Å². The number of aryl methyl sites for hydroxylation is 4. The first-order valence-electron chi connectivity index (χ1n) is 9.97. The molecule has 30 heavy (non-hydrogen) atoms. The first-order chi connectivity index (χ1) is 14.3. The molecule has 0 aliphatic carbocycles. The molecule has 152 valence electrons. The number of hydrogen-bond donors (Lipinski definition) is 1. The smallest absolute Gasteiger partial charge is 0.282 e. The van der Waals surface area contributed by atoms with Crippen LogP contribution >= 0.6 is 0 Å². The molecule has 1 aliphatic heterocycles. The number of hydrazine groups is 1. The van der Waals surface area contributed by atoms with Gasteiger partial charge in [0.25, 0.3) is 11.8 Å². The van der Waals surface area contributed by atoms with E-state index in [0.29, 0.717) is 5.69 Å². The summed E-state index contributed by atoms with van der Waals surface area (Å²) in [6.07, 6.45) is 1.69. The van der Waals surface area contributed by atoms with Gasteiger partial charge in [-0.3, -0.25) is 15.0 Å². The fraction of sp³-hybridized carbons (Fsp3) is 0.200. The van der Waals surface area contributed by atoms with Gasteiger partial charge >= 0.3 is 0 Å². The minimum atomic E-state index is -0.392. The molecular weight excluding hydrogens is 374 g/mol. The highest BCUT2D eigenvalue weighted by Crippen LogP contribution is 2.29. The van der Waals surface area contributed by atoms with Gasteiger partial charge in [0, 0.05) is 11.4 Å². The summed E-state index contributed by atoms with van der Waals surface area (Å²) in [5.41, 5.74) is 11.1. The van der Waals surface area contributed by atoms with Crippen LogP contribution in [0.25, 0.3) is 11.8 Å². The number of hydrogen-bond acceptors (Lipinski definition) is 2. The van der Waals surface area contributed by atoms with Gasteiger partial charge in [-0.15, -0.1) is 0 Å². The van der Waals surface area contributed by atoms with E-state index in [9.17, 15) is 9.59 Å². The number of carbonyl (C=O) groups is 2. The number of aromatic nitrogens is 1. The Labute approximate surface area is 176 Å². The summed E-state index contributed by atoms with van der Waals surface area (Å²) in [6, 6.07) is 15.5. The molecule has 0 spiro atoms. The third-order valence-corrected chi connectivity index (χ3v) is 5.53. The fourth-order valence-electron chi connectivity index (χ4n) is 4.27. The highest BCUT2D eigenvalue weighted by atomic mass is 16.2. The van der Waals surface area contributed by atoms with E-state index < -0.39 is 5.91 Å². The van der Waals surface area contributed by atoms with Crippen LogP contribution in [0.3, 0.4) is 0 Å². The monoisotopic (exact) mass is 399 g/mol. The molecule has 0 unspecified atom stereocenters. The van der Waals surface area contributed by atoms with Gasteiger partial charge in [-0.05, 0) is 75.6 Å². The predicted molar refractivity (Wildman–Crippen MR) is 120 cm³/mol. The van der Waals surface area contributed by atoms with Gasteiger partial charge in [-0.1, -0.05) is 35.9 Å². The third kappa shape index (κ3) is 3.22. The van der Waals surface area contributed by atoms with Crippen LogP contribution in [0, 0.1) is 34.6 Å². The van der Waals surface area contributed by atoms with Crippen molar-refractivity contribution in [3.8, 4) is 5.69 Å². The molecule has 5 heteroatoms. The number of benzene rings is 2. The molecule has 1 saturated heterocycles. The van der Waals surface area contributed by atoms with E-state index in [1.165, 1.54) is 21.7 Å². The van der Waals surface area contributed by atoms with Crippen molar-refractivity contribution in [2.45, 2.75) is 34.6 Å². The van der Waals surface area contributed by atoms with Gasteiger partial charge in [0.15, 0.2) is 0 Å². The van der Waals surface area contributed by atoms with E-state index in [2.05, 4.69) is 42.9 Å². The van der Waals surface area contributed by atoms with Crippen molar-refractivity contribution in [1.29, 1.82) is 0 Å². The molecular formula is C25H25N3O2. The number of nitrogens with zero attached hydrogens (tertiary/aromatic N) is 2. The second kappa shape index (κ2) is 7.34. The minimum absolute atomic E-state index is 0.136. The lowest BCUT2D eigenvalue weighted by molar-refractivity contribution is -0.117. The number of para-hydroxylation sites is 1. The molecule has 2 amide bonds. The van der Waals surface area contributed by atoms with Gasteiger partial charge in [-0.2, -0.15) is 0 Å². The fourth-order valence-corrected chi connectivity index (χ4v) is 4.27. The standard InChI is InChI=1S/C25H25N3O2/c1-15-11-16(2)23(17(3)12-15)27-18(4)13-20(19(27)5)14-22-24(29)26-28(25(22)30)21-9-7-6-8-10-21/h6-14H,1-5H3,(H,26,29). The van der Waals surface area contributed by atoms with Crippen molar-refractivity contribution in [2.75, 3.05) is 5.01 Å². The average molecular weight is 399 g/mol.